The first-order valence-electron chi connectivity index (χ1n) is 13.0. The highest BCUT2D eigenvalue weighted by molar-refractivity contribution is 6.13. The van der Waals surface area contributed by atoms with E-state index in [1.807, 2.05) is 60.7 Å². The summed E-state index contributed by atoms with van der Waals surface area (Å²) in [4.78, 5) is 41.6. The number of ether oxygens (including phenoxy) is 1. The second-order valence-corrected chi connectivity index (χ2v) is 10.4. The Morgan fingerprint density at radius 2 is 1.69 bits per heavy atom. The molecule has 39 heavy (non-hydrogen) atoms. The van der Waals surface area contributed by atoms with Crippen LogP contribution in [0.1, 0.15) is 31.4 Å². The minimum absolute atomic E-state index is 0.0213. The van der Waals surface area contributed by atoms with E-state index in [4.69, 9.17) is 15.6 Å². The highest BCUT2D eigenvalue weighted by atomic mass is 16.5. The van der Waals surface area contributed by atoms with Crippen LogP contribution >= 0.6 is 0 Å². The molecule has 2 aromatic carbocycles. The SMILES string of the molecule is CN1N=C2CCN(C(=O)C(COCc3ccccc3)NC(=O)C(C)(C)N)CC2(Cc2ccccc2)C1=O.CO. The van der Waals surface area contributed by atoms with E-state index in [2.05, 4.69) is 10.4 Å². The molecular weight excluding hydrogens is 498 g/mol. The van der Waals surface area contributed by atoms with Gasteiger partial charge >= 0.3 is 0 Å². The summed E-state index contributed by atoms with van der Waals surface area (Å²) in [5.41, 5.74) is 6.63. The lowest BCUT2D eigenvalue weighted by molar-refractivity contribution is -0.143. The normalized spacial score (nSPS) is 19.4. The van der Waals surface area contributed by atoms with E-state index in [-0.39, 0.29) is 25.0 Å². The maximum absolute atomic E-state index is 13.8. The van der Waals surface area contributed by atoms with Crippen LogP contribution in [-0.2, 0) is 32.1 Å². The average Bonchev–Trinajstić information content (AvgIpc) is 3.18. The Hall–Kier alpha value is -3.60. The fraction of sp³-hybridized carbons (Fsp3) is 0.448. The molecule has 2 aromatic rings. The molecule has 0 radical (unpaired) electrons. The zero-order valence-electron chi connectivity index (χ0n) is 23.1. The maximum atomic E-state index is 13.8. The van der Waals surface area contributed by atoms with Gasteiger partial charge in [0, 0.05) is 33.7 Å². The number of likely N-dealkylation sites (tertiary alicyclic amines) is 1. The summed E-state index contributed by atoms with van der Waals surface area (Å²) >= 11 is 0. The van der Waals surface area contributed by atoms with Gasteiger partial charge in [-0.3, -0.25) is 14.4 Å². The molecule has 0 aromatic heterocycles. The van der Waals surface area contributed by atoms with Crippen LogP contribution in [0.25, 0.3) is 0 Å². The Morgan fingerprint density at radius 1 is 1.10 bits per heavy atom. The van der Waals surface area contributed by atoms with Crippen molar-refractivity contribution in [1.82, 2.24) is 15.2 Å². The van der Waals surface area contributed by atoms with Gasteiger partial charge in [0.25, 0.3) is 5.91 Å². The van der Waals surface area contributed by atoms with E-state index in [9.17, 15) is 14.4 Å². The molecule has 210 valence electrons. The number of aliphatic hydroxyl groups excluding tert-OH is 1. The molecule has 4 rings (SSSR count). The van der Waals surface area contributed by atoms with Gasteiger partial charge in [0.15, 0.2) is 0 Å². The Morgan fingerprint density at radius 3 is 2.28 bits per heavy atom. The highest BCUT2D eigenvalue weighted by Gasteiger charge is 2.54. The van der Waals surface area contributed by atoms with Gasteiger partial charge in [-0.1, -0.05) is 60.7 Å². The summed E-state index contributed by atoms with van der Waals surface area (Å²) in [6.45, 7) is 4.02. The Bertz CT molecular complexity index is 1170. The van der Waals surface area contributed by atoms with Crippen LogP contribution < -0.4 is 11.1 Å². The molecule has 0 bridgehead atoms. The van der Waals surface area contributed by atoms with Crippen molar-refractivity contribution in [2.24, 2.45) is 16.3 Å². The number of nitrogens with one attached hydrogen (secondary N) is 1. The first-order valence-corrected chi connectivity index (χ1v) is 13.0. The third-order valence-corrected chi connectivity index (χ3v) is 6.85. The summed E-state index contributed by atoms with van der Waals surface area (Å²) in [5, 5.41) is 15.7. The summed E-state index contributed by atoms with van der Waals surface area (Å²) in [6.07, 6.45) is 0.916. The van der Waals surface area contributed by atoms with Crippen molar-refractivity contribution in [3.8, 4) is 0 Å². The van der Waals surface area contributed by atoms with Gasteiger partial charge in [0.05, 0.1) is 24.5 Å². The molecule has 10 heteroatoms. The number of carbonyl (C=O) groups excluding carboxylic acids is 3. The van der Waals surface area contributed by atoms with E-state index >= 15 is 0 Å². The second kappa shape index (κ2) is 13.0. The Kier molecular flexibility index (Phi) is 9.96. The molecule has 3 amide bonds. The third kappa shape index (κ3) is 7.08. The monoisotopic (exact) mass is 537 g/mol. The lowest BCUT2D eigenvalue weighted by Crippen LogP contribution is -2.61. The molecule has 2 aliphatic heterocycles. The molecule has 1 saturated heterocycles. The van der Waals surface area contributed by atoms with E-state index in [0.29, 0.717) is 26.0 Å². The molecule has 2 aliphatic rings. The fourth-order valence-corrected chi connectivity index (χ4v) is 4.82. The van der Waals surface area contributed by atoms with Gasteiger partial charge < -0.3 is 25.8 Å². The summed E-state index contributed by atoms with van der Waals surface area (Å²) < 4.78 is 5.85. The molecule has 2 unspecified atom stereocenters. The zero-order chi connectivity index (χ0) is 28.6. The van der Waals surface area contributed by atoms with Crippen molar-refractivity contribution in [2.75, 3.05) is 33.9 Å². The molecule has 2 atom stereocenters. The Balaban J connectivity index is 0.00000205. The predicted molar refractivity (Wildman–Crippen MR) is 148 cm³/mol. The lowest BCUT2D eigenvalue weighted by Gasteiger charge is -2.40. The van der Waals surface area contributed by atoms with Crippen LogP contribution in [0.15, 0.2) is 65.8 Å². The first-order chi connectivity index (χ1) is 18.6. The second-order valence-electron chi connectivity index (χ2n) is 10.4. The lowest BCUT2D eigenvalue weighted by atomic mass is 9.73. The molecule has 1 fully saturated rings. The molecule has 10 nitrogen and oxygen atoms in total. The quantitative estimate of drug-likeness (QED) is 0.441. The number of piperidine rings is 1. The number of hydrazone groups is 1. The zero-order valence-corrected chi connectivity index (χ0v) is 23.1. The predicted octanol–water partition coefficient (Wildman–Crippen LogP) is 1.32. The average molecular weight is 538 g/mol. The first kappa shape index (κ1) is 29.9. The number of rotatable bonds is 9. The number of benzene rings is 2. The van der Waals surface area contributed by atoms with Crippen molar-refractivity contribution in [3.05, 3.63) is 71.8 Å². The number of amides is 3. The standard InChI is InChI=1S/C28H35N5O4.CH4O/c1-27(2,29)25(35)30-22(18-37-17-21-12-8-5-9-13-21)24(34)33-15-14-23-28(19-33,26(36)32(3)31-23)16-20-10-6-4-7-11-20;1-2/h4-13,22H,14-19,29H2,1-3H3,(H,30,35);2H,1H3. The minimum atomic E-state index is -1.17. The number of fused-ring (bicyclic) bond motifs is 1. The Labute approximate surface area is 229 Å². The van der Waals surface area contributed by atoms with Gasteiger partial charge in [-0.05, 0) is 31.4 Å². The summed E-state index contributed by atoms with van der Waals surface area (Å²) in [6, 6.07) is 18.4. The molecular formula is C29H39N5O5. The maximum Gasteiger partial charge on any atom is 0.256 e. The van der Waals surface area contributed by atoms with E-state index < -0.39 is 22.9 Å². The van der Waals surface area contributed by atoms with Gasteiger partial charge in [-0.15, -0.1) is 0 Å². The van der Waals surface area contributed by atoms with Crippen LogP contribution in [0, 0.1) is 5.41 Å². The van der Waals surface area contributed by atoms with E-state index in [1.54, 1.807) is 25.8 Å². The number of carbonyl (C=O) groups is 3. The van der Waals surface area contributed by atoms with Crippen molar-refractivity contribution < 1.29 is 24.2 Å². The molecule has 0 saturated carbocycles. The van der Waals surface area contributed by atoms with Crippen LogP contribution in [0.2, 0.25) is 0 Å². The number of nitrogens with two attached hydrogens (primary N) is 1. The van der Waals surface area contributed by atoms with Gasteiger partial charge in [0.2, 0.25) is 11.8 Å². The molecule has 0 aliphatic carbocycles. The summed E-state index contributed by atoms with van der Waals surface area (Å²) in [5.74, 6) is -0.892. The fourth-order valence-electron chi connectivity index (χ4n) is 4.82. The number of hydrogen-bond donors (Lipinski definition) is 3. The highest BCUT2D eigenvalue weighted by Crippen LogP contribution is 2.38. The smallest absolute Gasteiger partial charge is 0.256 e. The van der Waals surface area contributed by atoms with Gasteiger partial charge in [-0.25, -0.2) is 5.01 Å². The van der Waals surface area contributed by atoms with Crippen molar-refractivity contribution >= 4 is 23.4 Å². The van der Waals surface area contributed by atoms with Crippen molar-refractivity contribution in [3.63, 3.8) is 0 Å². The summed E-state index contributed by atoms with van der Waals surface area (Å²) in [7, 11) is 2.65. The molecule has 2 heterocycles. The van der Waals surface area contributed by atoms with Gasteiger partial charge in [-0.2, -0.15) is 5.10 Å². The van der Waals surface area contributed by atoms with Crippen LogP contribution in [0.5, 0.6) is 0 Å². The molecule has 4 N–H and O–H groups in total. The number of aliphatic hydroxyl groups is 1. The van der Waals surface area contributed by atoms with Crippen LogP contribution in [0.3, 0.4) is 0 Å². The number of hydrogen-bond acceptors (Lipinski definition) is 7. The van der Waals surface area contributed by atoms with Crippen LogP contribution in [-0.4, -0.2) is 83.9 Å². The topological polar surface area (TPSA) is 138 Å². The van der Waals surface area contributed by atoms with Crippen LogP contribution in [0.4, 0.5) is 0 Å². The largest absolute Gasteiger partial charge is 0.400 e. The van der Waals surface area contributed by atoms with Crippen molar-refractivity contribution in [1.29, 1.82) is 0 Å². The van der Waals surface area contributed by atoms with E-state index in [1.165, 1.54) is 5.01 Å². The van der Waals surface area contributed by atoms with Gasteiger partial charge in [0.1, 0.15) is 11.5 Å². The van der Waals surface area contributed by atoms with Crippen molar-refractivity contribution in [2.45, 2.75) is 44.9 Å². The third-order valence-electron chi connectivity index (χ3n) is 6.85. The molecule has 0 spiro atoms. The minimum Gasteiger partial charge on any atom is -0.400 e. The van der Waals surface area contributed by atoms with E-state index in [0.717, 1.165) is 23.9 Å². The number of nitrogens with zero attached hydrogens (tertiary/aromatic N) is 3.